The fourth-order valence-electron chi connectivity index (χ4n) is 1.43. The van der Waals surface area contributed by atoms with Crippen LogP contribution < -0.4 is 5.73 Å². The number of hydrogen-bond donors (Lipinski definition) is 1. The lowest BCUT2D eigenvalue weighted by Gasteiger charge is -2.09. The van der Waals surface area contributed by atoms with E-state index in [9.17, 15) is 0 Å². The van der Waals surface area contributed by atoms with Crippen LogP contribution in [0.5, 0.6) is 0 Å². The van der Waals surface area contributed by atoms with Gasteiger partial charge >= 0.3 is 0 Å². The van der Waals surface area contributed by atoms with Crippen molar-refractivity contribution in [1.82, 2.24) is 9.97 Å². The van der Waals surface area contributed by atoms with Crippen molar-refractivity contribution < 1.29 is 0 Å². The molecule has 0 saturated heterocycles. The van der Waals surface area contributed by atoms with Gasteiger partial charge in [0.15, 0.2) is 0 Å². The van der Waals surface area contributed by atoms with Crippen LogP contribution in [-0.4, -0.2) is 9.97 Å². The number of rotatable bonds is 3. The Morgan fingerprint density at radius 1 is 1.46 bits per heavy atom. The molecule has 1 unspecified atom stereocenters. The van der Waals surface area contributed by atoms with Gasteiger partial charge in [0.05, 0.1) is 17.6 Å². The number of nitrogens with two attached hydrogens (primary N) is 1. The van der Waals surface area contributed by atoms with Crippen LogP contribution in [-0.2, 0) is 0 Å². The summed E-state index contributed by atoms with van der Waals surface area (Å²) in [5.74, 6) is 0.845. The van der Waals surface area contributed by atoms with Crippen LogP contribution in [0.15, 0.2) is 12.4 Å². The highest BCUT2D eigenvalue weighted by Gasteiger charge is 2.24. The smallest absolute Gasteiger partial charge is 0.0754 e. The molecule has 1 atom stereocenters. The zero-order valence-corrected chi connectivity index (χ0v) is 7.90. The van der Waals surface area contributed by atoms with Crippen molar-refractivity contribution in [2.45, 2.75) is 32.2 Å². The van der Waals surface area contributed by atoms with Crippen LogP contribution in [0.2, 0.25) is 0 Å². The Kier molecular flexibility index (Phi) is 2.27. The lowest BCUT2D eigenvalue weighted by atomic mass is 10.1. The van der Waals surface area contributed by atoms with Crippen molar-refractivity contribution in [2.75, 3.05) is 0 Å². The number of aromatic nitrogens is 2. The van der Waals surface area contributed by atoms with E-state index in [-0.39, 0.29) is 6.04 Å². The summed E-state index contributed by atoms with van der Waals surface area (Å²) in [6.07, 6.45) is 7.32. The van der Waals surface area contributed by atoms with Gasteiger partial charge in [0, 0.05) is 12.2 Å². The molecule has 3 heteroatoms. The van der Waals surface area contributed by atoms with Crippen molar-refractivity contribution in [3.8, 4) is 0 Å². The minimum atomic E-state index is 0.0839. The van der Waals surface area contributed by atoms with Crippen molar-refractivity contribution >= 4 is 0 Å². The first-order valence-corrected chi connectivity index (χ1v) is 4.80. The largest absolute Gasteiger partial charge is 0.323 e. The predicted molar refractivity (Wildman–Crippen MR) is 51.0 cm³/mol. The van der Waals surface area contributed by atoms with Gasteiger partial charge in [-0.05, 0) is 19.3 Å². The summed E-state index contributed by atoms with van der Waals surface area (Å²) in [5.41, 5.74) is 7.86. The molecule has 2 rings (SSSR count). The second-order valence-electron chi connectivity index (χ2n) is 3.87. The molecular formula is C10H15N3. The van der Waals surface area contributed by atoms with Gasteiger partial charge in [0.1, 0.15) is 0 Å². The Hall–Kier alpha value is -0.960. The molecule has 1 aromatic rings. The van der Waals surface area contributed by atoms with Gasteiger partial charge in [-0.25, -0.2) is 0 Å². The van der Waals surface area contributed by atoms with Gasteiger partial charge in [-0.1, -0.05) is 12.8 Å². The Labute approximate surface area is 78.4 Å². The summed E-state index contributed by atoms with van der Waals surface area (Å²) in [7, 11) is 0. The van der Waals surface area contributed by atoms with E-state index in [2.05, 4.69) is 9.97 Å². The van der Waals surface area contributed by atoms with Gasteiger partial charge in [0.2, 0.25) is 0 Å². The number of aryl methyl sites for hydroxylation is 1. The maximum Gasteiger partial charge on any atom is 0.0754 e. The van der Waals surface area contributed by atoms with Crippen LogP contribution in [0.4, 0.5) is 0 Å². The zero-order chi connectivity index (χ0) is 9.26. The van der Waals surface area contributed by atoms with Gasteiger partial charge < -0.3 is 5.73 Å². The third-order valence-corrected chi connectivity index (χ3v) is 2.47. The quantitative estimate of drug-likeness (QED) is 0.762. The molecule has 1 saturated carbocycles. The van der Waals surface area contributed by atoms with Crippen molar-refractivity contribution in [3.63, 3.8) is 0 Å². The molecular weight excluding hydrogens is 162 g/mol. The van der Waals surface area contributed by atoms with Gasteiger partial charge in [-0.3, -0.25) is 9.97 Å². The molecule has 0 amide bonds. The van der Waals surface area contributed by atoms with Crippen LogP contribution in [0.25, 0.3) is 0 Å². The molecule has 1 fully saturated rings. The normalized spacial score (nSPS) is 18.6. The maximum atomic E-state index is 5.98. The lowest BCUT2D eigenvalue weighted by Crippen LogP contribution is -2.13. The first kappa shape index (κ1) is 8.63. The summed E-state index contributed by atoms with van der Waals surface area (Å²) >= 11 is 0. The van der Waals surface area contributed by atoms with Crippen LogP contribution in [0, 0.1) is 12.8 Å². The van der Waals surface area contributed by atoms with Crippen molar-refractivity contribution in [1.29, 1.82) is 0 Å². The summed E-state index contributed by atoms with van der Waals surface area (Å²) in [5, 5.41) is 0. The van der Waals surface area contributed by atoms with E-state index >= 15 is 0 Å². The Balaban J connectivity index is 2.01. The Morgan fingerprint density at radius 3 is 2.77 bits per heavy atom. The fourth-order valence-corrected chi connectivity index (χ4v) is 1.43. The van der Waals surface area contributed by atoms with Crippen LogP contribution in [0.1, 0.15) is 36.7 Å². The molecule has 0 aromatic carbocycles. The predicted octanol–water partition coefficient (Wildman–Crippen LogP) is 1.58. The molecule has 0 aliphatic heterocycles. The molecule has 13 heavy (non-hydrogen) atoms. The monoisotopic (exact) mass is 177 g/mol. The SMILES string of the molecule is Cc1cnc(C(N)CC2CC2)cn1. The Bertz CT molecular complexity index is 277. The summed E-state index contributed by atoms with van der Waals surface area (Å²) in [6, 6.07) is 0.0839. The molecule has 0 radical (unpaired) electrons. The van der Waals surface area contributed by atoms with E-state index in [1.807, 2.05) is 6.92 Å². The topological polar surface area (TPSA) is 51.8 Å². The highest BCUT2D eigenvalue weighted by molar-refractivity contribution is 5.05. The highest BCUT2D eigenvalue weighted by atomic mass is 14.8. The molecule has 1 aromatic heterocycles. The second-order valence-corrected chi connectivity index (χ2v) is 3.87. The lowest BCUT2D eigenvalue weighted by molar-refractivity contribution is 0.580. The van der Waals surface area contributed by atoms with Crippen LogP contribution in [0.3, 0.4) is 0 Å². The molecule has 0 bridgehead atoms. The van der Waals surface area contributed by atoms with E-state index in [1.54, 1.807) is 12.4 Å². The summed E-state index contributed by atoms with van der Waals surface area (Å²) in [4.78, 5) is 8.46. The van der Waals surface area contributed by atoms with E-state index < -0.39 is 0 Å². The molecule has 2 N–H and O–H groups in total. The average Bonchev–Trinajstić information content (AvgIpc) is 2.89. The minimum absolute atomic E-state index is 0.0839. The standard InChI is InChI=1S/C10H15N3/c1-7-5-13-10(6-12-7)9(11)4-8-2-3-8/h5-6,8-9H,2-4,11H2,1H3. The number of hydrogen-bond acceptors (Lipinski definition) is 3. The third kappa shape index (κ3) is 2.25. The van der Waals surface area contributed by atoms with E-state index in [0.29, 0.717) is 0 Å². The molecule has 70 valence electrons. The summed E-state index contributed by atoms with van der Waals surface area (Å²) < 4.78 is 0. The van der Waals surface area contributed by atoms with E-state index in [1.165, 1.54) is 12.8 Å². The molecule has 0 spiro atoms. The zero-order valence-electron chi connectivity index (χ0n) is 7.90. The molecule has 1 heterocycles. The Morgan fingerprint density at radius 2 is 2.23 bits per heavy atom. The van der Waals surface area contributed by atoms with E-state index in [0.717, 1.165) is 23.7 Å². The first-order chi connectivity index (χ1) is 6.25. The molecule has 3 nitrogen and oxygen atoms in total. The fraction of sp³-hybridized carbons (Fsp3) is 0.600. The van der Waals surface area contributed by atoms with Crippen molar-refractivity contribution in [2.24, 2.45) is 11.7 Å². The van der Waals surface area contributed by atoms with E-state index in [4.69, 9.17) is 5.73 Å². The summed E-state index contributed by atoms with van der Waals surface area (Å²) in [6.45, 7) is 1.93. The molecule has 1 aliphatic carbocycles. The van der Waals surface area contributed by atoms with Gasteiger partial charge in [-0.2, -0.15) is 0 Å². The average molecular weight is 177 g/mol. The van der Waals surface area contributed by atoms with Crippen molar-refractivity contribution in [3.05, 3.63) is 23.8 Å². The second kappa shape index (κ2) is 3.42. The molecule has 1 aliphatic rings. The van der Waals surface area contributed by atoms with Gasteiger partial charge in [-0.15, -0.1) is 0 Å². The van der Waals surface area contributed by atoms with Crippen LogP contribution >= 0.6 is 0 Å². The third-order valence-electron chi connectivity index (χ3n) is 2.47. The van der Waals surface area contributed by atoms with Gasteiger partial charge in [0.25, 0.3) is 0 Å². The first-order valence-electron chi connectivity index (χ1n) is 4.80. The minimum Gasteiger partial charge on any atom is -0.323 e. The highest BCUT2D eigenvalue weighted by Crippen LogP contribution is 2.36. The maximum absolute atomic E-state index is 5.98. The number of nitrogens with zero attached hydrogens (tertiary/aromatic N) is 2.